The van der Waals surface area contributed by atoms with Gasteiger partial charge in [-0.1, -0.05) is 80.1 Å². The summed E-state index contributed by atoms with van der Waals surface area (Å²) in [6.45, 7) is 5.08. The molecule has 26 heavy (non-hydrogen) atoms. The lowest BCUT2D eigenvalue weighted by atomic mass is 9.82. The second kappa shape index (κ2) is 8.93. The number of ether oxygens (including phenoxy) is 2. The molecule has 0 aromatic heterocycles. The number of benzene rings is 2. The number of carbonyl (C=O) groups excluding carboxylic acids is 1. The van der Waals surface area contributed by atoms with E-state index in [1.54, 1.807) is 6.08 Å². The summed E-state index contributed by atoms with van der Waals surface area (Å²) in [4.78, 5) is 12.7. The Bertz CT molecular complexity index is 737. The van der Waals surface area contributed by atoms with Crippen LogP contribution in [0, 0.1) is 5.92 Å². The molecular formula is C23H26O3. The highest BCUT2D eigenvalue weighted by atomic mass is 16.5. The minimum absolute atomic E-state index is 0.00828. The smallest absolute Gasteiger partial charge is 0.187 e. The predicted octanol–water partition coefficient (Wildman–Crippen LogP) is 4.71. The van der Waals surface area contributed by atoms with E-state index in [9.17, 15) is 4.79 Å². The number of hydrogen-bond acceptors (Lipinski definition) is 3. The summed E-state index contributed by atoms with van der Waals surface area (Å²) in [7, 11) is 0. The maximum atomic E-state index is 12.7. The van der Waals surface area contributed by atoms with Gasteiger partial charge in [-0.3, -0.25) is 4.79 Å². The topological polar surface area (TPSA) is 35.5 Å². The van der Waals surface area contributed by atoms with Gasteiger partial charge in [0, 0.05) is 5.92 Å². The Morgan fingerprint density at radius 3 is 1.92 bits per heavy atom. The molecule has 2 aromatic rings. The van der Waals surface area contributed by atoms with Crippen LogP contribution in [0.5, 0.6) is 0 Å². The minimum atomic E-state index is -0.566. The van der Waals surface area contributed by atoms with Gasteiger partial charge >= 0.3 is 0 Å². The summed E-state index contributed by atoms with van der Waals surface area (Å²) in [6.07, 6.45) is 1.77. The lowest BCUT2D eigenvalue weighted by Gasteiger charge is -2.35. The summed E-state index contributed by atoms with van der Waals surface area (Å²) in [5.74, 6) is 0.163. The molecule has 1 aliphatic carbocycles. The quantitative estimate of drug-likeness (QED) is 0.725. The van der Waals surface area contributed by atoms with Gasteiger partial charge in [-0.05, 0) is 23.6 Å². The first-order valence-corrected chi connectivity index (χ1v) is 9.24. The van der Waals surface area contributed by atoms with E-state index < -0.39 is 6.10 Å². The molecule has 1 aliphatic rings. The van der Waals surface area contributed by atoms with Crippen molar-refractivity contribution < 1.29 is 14.3 Å². The van der Waals surface area contributed by atoms with Gasteiger partial charge in [-0.15, -0.1) is 0 Å². The van der Waals surface area contributed by atoms with Crippen LogP contribution in [0.3, 0.4) is 0 Å². The number of hydrogen-bond donors (Lipinski definition) is 0. The monoisotopic (exact) mass is 350 g/mol. The molecule has 0 spiro atoms. The van der Waals surface area contributed by atoms with Gasteiger partial charge in [0.25, 0.3) is 0 Å². The zero-order valence-electron chi connectivity index (χ0n) is 15.4. The summed E-state index contributed by atoms with van der Waals surface area (Å²) in [5.41, 5.74) is 3.29. The molecule has 136 valence electrons. The highest BCUT2D eigenvalue weighted by Crippen LogP contribution is 2.30. The van der Waals surface area contributed by atoms with Crippen molar-refractivity contribution in [2.75, 3.05) is 0 Å². The third-order valence-corrected chi connectivity index (χ3v) is 4.95. The lowest BCUT2D eigenvalue weighted by Crippen LogP contribution is -2.45. The largest absolute Gasteiger partial charge is 0.370 e. The van der Waals surface area contributed by atoms with E-state index in [1.807, 2.05) is 60.7 Å². The maximum Gasteiger partial charge on any atom is 0.187 e. The zero-order chi connectivity index (χ0) is 18.4. The Morgan fingerprint density at radius 1 is 0.846 bits per heavy atom. The van der Waals surface area contributed by atoms with Crippen LogP contribution in [-0.4, -0.2) is 18.0 Å². The standard InChI is InChI=1S/C23H26O3/c1-3-20-14-21(24)23(26-16-19-12-8-5-9-13-19)22(17(20)2)25-15-18-10-6-4-7-11-18/h4-14,17,22-23H,3,15-16H2,1-2H3/t17-,22+,23+/m1/s1. The van der Waals surface area contributed by atoms with E-state index >= 15 is 0 Å². The normalized spacial score (nSPS) is 22.9. The first-order chi connectivity index (χ1) is 12.7. The van der Waals surface area contributed by atoms with Crippen LogP contribution in [0.2, 0.25) is 0 Å². The van der Waals surface area contributed by atoms with Crippen molar-refractivity contribution in [1.29, 1.82) is 0 Å². The van der Waals surface area contributed by atoms with Crippen LogP contribution in [0.25, 0.3) is 0 Å². The third kappa shape index (κ3) is 4.48. The van der Waals surface area contributed by atoms with Crippen LogP contribution in [0.4, 0.5) is 0 Å². The number of carbonyl (C=O) groups is 1. The van der Waals surface area contributed by atoms with Crippen molar-refractivity contribution >= 4 is 5.78 Å². The van der Waals surface area contributed by atoms with E-state index in [1.165, 1.54) is 0 Å². The highest BCUT2D eigenvalue weighted by molar-refractivity contribution is 5.96. The first kappa shape index (κ1) is 18.6. The second-order valence-corrected chi connectivity index (χ2v) is 6.74. The lowest BCUT2D eigenvalue weighted by molar-refractivity contribution is -0.147. The van der Waals surface area contributed by atoms with Crippen LogP contribution in [-0.2, 0) is 27.5 Å². The number of ketones is 1. The van der Waals surface area contributed by atoms with E-state index in [0.717, 1.165) is 23.1 Å². The van der Waals surface area contributed by atoms with Crippen LogP contribution >= 0.6 is 0 Å². The van der Waals surface area contributed by atoms with Crippen molar-refractivity contribution in [1.82, 2.24) is 0 Å². The Kier molecular flexibility index (Phi) is 6.37. The maximum absolute atomic E-state index is 12.7. The molecule has 0 radical (unpaired) electrons. The van der Waals surface area contributed by atoms with Crippen molar-refractivity contribution in [2.45, 2.75) is 45.7 Å². The number of rotatable bonds is 7. The van der Waals surface area contributed by atoms with Crippen molar-refractivity contribution in [3.8, 4) is 0 Å². The fraction of sp³-hybridized carbons (Fsp3) is 0.348. The molecule has 0 fully saturated rings. The molecule has 3 rings (SSSR count). The van der Waals surface area contributed by atoms with E-state index in [2.05, 4.69) is 13.8 Å². The van der Waals surface area contributed by atoms with Gasteiger partial charge in [-0.2, -0.15) is 0 Å². The molecule has 0 saturated carbocycles. The average molecular weight is 350 g/mol. The molecule has 0 saturated heterocycles. The van der Waals surface area contributed by atoms with Gasteiger partial charge in [0.05, 0.1) is 19.3 Å². The van der Waals surface area contributed by atoms with Crippen molar-refractivity contribution in [3.63, 3.8) is 0 Å². The average Bonchev–Trinajstić information content (AvgIpc) is 2.69. The van der Waals surface area contributed by atoms with Crippen molar-refractivity contribution in [3.05, 3.63) is 83.4 Å². The zero-order valence-corrected chi connectivity index (χ0v) is 15.4. The van der Waals surface area contributed by atoms with E-state index in [0.29, 0.717) is 13.2 Å². The fourth-order valence-electron chi connectivity index (χ4n) is 3.39. The summed E-state index contributed by atoms with van der Waals surface area (Å²) in [6, 6.07) is 20.0. The summed E-state index contributed by atoms with van der Waals surface area (Å²) in [5, 5.41) is 0. The van der Waals surface area contributed by atoms with Crippen molar-refractivity contribution in [2.24, 2.45) is 5.92 Å². The third-order valence-electron chi connectivity index (χ3n) is 4.95. The molecule has 3 heteroatoms. The molecule has 0 amide bonds. The Labute approximate surface area is 155 Å². The Morgan fingerprint density at radius 2 is 1.38 bits per heavy atom. The second-order valence-electron chi connectivity index (χ2n) is 6.74. The van der Waals surface area contributed by atoms with E-state index in [4.69, 9.17) is 9.47 Å². The molecule has 3 nitrogen and oxygen atoms in total. The molecule has 0 bridgehead atoms. The molecule has 0 heterocycles. The summed E-state index contributed by atoms with van der Waals surface area (Å²) < 4.78 is 12.2. The molecule has 0 unspecified atom stereocenters. The van der Waals surface area contributed by atoms with Crippen LogP contribution < -0.4 is 0 Å². The Balaban J connectivity index is 1.73. The SMILES string of the molecule is CCC1=CC(=O)[C@H](OCc2ccccc2)[C@@H](OCc2ccccc2)[C@@H]1C. The van der Waals surface area contributed by atoms with Gasteiger partial charge in [0.15, 0.2) is 5.78 Å². The summed E-state index contributed by atoms with van der Waals surface area (Å²) >= 11 is 0. The molecule has 0 N–H and O–H groups in total. The minimum Gasteiger partial charge on any atom is -0.370 e. The molecule has 0 aliphatic heterocycles. The van der Waals surface area contributed by atoms with E-state index in [-0.39, 0.29) is 17.8 Å². The van der Waals surface area contributed by atoms with Crippen LogP contribution in [0.15, 0.2) is 72.3 Å². The predicted molar refractivity (Wildman–Crippen MR) is 103 cm³/mol. The van der Waals surface area contributed by atoms with Gasteiger partial charge < -0.3 is 9.47 Å². The highest BCUT2D eigenvalue weighted by Gasteiger charge is 2.38. The van der Waals surface area contributed by atoms with Gasteiger partial charge in [0.2, 0.25) is 0 Å². The first-order valence-electron chi connectivity index (χ1n) is 9.24. The fourth-order valence-corrected chi connectivity index (χ4v) is 3.39. The Hall–Kier alpha value is -2.23. The van der Waals surface area contributed by atoms with Gasteiger partial charge in [0.1, 0.15) is 6.10 Å². The molecular weight excluding hydrogens is 324 g/mol. The van der Waals surface area contributed by atoms with Gasteiger partial charge in [-0.25, -0.2) is 0 Å². The molecule has 3 atom stereocenters. The molecule has 2 aromatic carbocycles. The van der Waals surface area contributed by atoms with Crippen LogP contribution in [0.1, 0.15) is 31.4 Å².